The fourth-order valence-corrected chi connectivity index (χ4v) is 6.26. The molecule has 3 heterocycles. The molecule has 4 aromatic carbocycles. The molecule has 0 radical (unpaired) electrons. The number of H-pyrrole nitrogens is 1. The van der Waals surface area contributed by atoms with Crippen LogP contribution in [0, 0.1) is 0 Å². The maximum absolute atomic E-state index is 14.3. The minimum atomic E-state index is -0.330. The van der Waals surface area contributed by atoms with Crippen LogP contribution in [0.3, 0.4) is 0 Å². The van der Waals surface area contributed by atoms with Crippen LogP contribution in [-0.4, -0.2) is 39.3 Å². The predicted molar refractivity (Wildman–Crippen MR) is 187 cm³/mol. The summed E-state index contributed by atoms with van der Waals surface area (Å²) in [6, 6.07) is 36.2. The van der Waals surface area contributed by atoms with Crippen molar-refractivity contribution >= 4 is 11.2 Å². The van der Waals surface area contributed by atoms with Crippen molar-refractivity contribution in [1.29, 1.82) is 0 Å². The number of fused-ring (bicyclic) bond motifs is 1. The summed E-state index contributed by atoms with van der Waals surface area (Å²) in [5.41, 5.74) is 6.32. The Morgan fingerprint density at radius 2 is 1.27 bits per heavy atom. The van der Waals surface area contributed by atoms with Crippen molar-refractivity contribution in [3.63, 3.8) is 0 Å². The van der Waals surface area contributed by atoms with Gasteiger partial charge < -0.3 is 4.57 Å². The van der Waals surface area contributed by atoms with E-state index >= 15 is 0 Å². The zero-order valence-corrected chi connectivity index (χ0v) is 27.0. The van der Waals surface area contributed by atoms with Crippen molar-refractivity contribution in [3.05, 3.63) is 153 Å². The highest BCUT2D eigenvalue weighted by atomic mass is 16.2. The molecule has 7 rings (SSSR count). The van der Waals surface area contributed by atoms with Crippen LogP contribution in [0.2, 0.25) is 0 Å². The normalized spacial score (nSPS) is 11.5. The maximum Gasteiger partial charge on any atom is 0.332 e. The predicted octanol–water partition coefficient (Wildman–Crippen LogP) is 5.86. The lowest BCUT2D eigenvalue weighted by Gasteiger charge is -2.14. The van der Waals surface area contributed by atoms with Crippen molar-refractivity contribution in [3.8, 4) is 22.5 Å². The number of imidazole rings is 1. The number of aromatic nitrogens is 8. The first-order valence-corrected chi connectivity index (χ1v) is 16.2. The summed E-state index contributed by atoms with van der Waals surface area (Å²) < 4.78 is 5.08. The molecule has 0 aliphatic rings. The largest absolute Gasteiger partial charge is 0.332 e. The molecule has 240 valence electrons. The lowest BCUT2D eigenvalue weighted by atomic mass is 9.98. The molecule has 48 heavy (non-hydrogen) atoms. The average Bonchev–Trinajstić information content (AvgIpc) is 3.79. The molecular formula is C38H36N8O2. The summed E-state index contributed by atoms with van der Waals surface area (Å²) in [6.07, 6.45) is 1.21. The molecule has 0 spiro atoms. The molecule has 0 unspecified atom stereocenters. The molecule has 1 N–H and O–H groups in total. The van der Waals surface area contributed by atoms with Gasteiger partial charge >= 0.3 is 5.69 Å². The van der Waals surface area contributed by atoms with Crippen LogP contribution >= 0.6 is 0 Å². The number of rotatable bonds is 11. The van der Waals surface area contributed by atoms with Gasteiger partial charge in [0.05, 0.1) is 0 Å². The van der Waals surface area contributed by atoms with Gasteiger partial charge in [0, 0.05) is 31.1 Å². The van der Waals surface area contributed by atoms with Gasteiger partial charge in [-0.25, -0.2) is 9.78 Å². The van der Waals surface area contributed by atoms with Gasteiger partial charge in [-0.3, -0.25) is 13.9 Å². The van der Waals surface area contributed by atoms with E-state index in [-0.39, 0.29) is 23.7 Å². The number of hydrogen-bond donors (Lipinski definition) is 1. The zero-order valence-electron chi connectivity index (χ0n) is 27.0. The van der Waals surface area contributed by atoms with E-state index < -0.39 is 0 Å². The van der Waals surface area contributed by atoms with Gasteiger partial charge in [-0.05, 0) is 45.9 Å². The van der Waals surface area contributed by atoms with Crippen LogP contribution in [0.25, 0.3) is 33.7 Å². The van der Waals surface area contributed by atoms with Crippen LogP contribution in [0.15, 0.2) is 119 Å². The van der Waals surface area contributed by atoms with Crippen molar-refractivity contribution in [2.45, 2.75) is 52.2 Å². The van der Waals surface area contributed by atoms with Gasteiger partial charge in [0.2, 0.25) is 5.82 Å². The summed E-state index contributed by atoms with van der Waals surface area (Å²) in [4.78, 5) is 33.3. The smallest absolute Gasteiger partial charge is 0.317 e. The number of tetrazole rings is 1. The number of nitrogens with one attached hydrogen (secondary N) is 1. The van der Waals surface area contributed by atoms with E-state index in [1.807, 2.05) is 77.4 Å². The maximum atomic E-state index is 14.3. The number of aromatic amines is 1. The number of aryl methyl sites for hydroxylation is 3. The highest BCUT2D eigenvalue weighted by molar-refractivity contribution is 5.80. The second kappa shape index (κ2) is 13.4. The van der Waals surface area contributed by atoms with Crippen LogP contribution in [0.4, 0.5) is 0 Å². The quantitative estimate of drug-likeness (QED) is 0.190. The Bertz CT molecular complexity index is 2270. The van der Waals surface area contributed by atoms with Gasteiger partial charge in [0.25, 0.3) is 5.56 Å². The fourth-order valence-electron chi connectivity index (χ4n) is 6.26. The molecule has 0 bridgehead atoms. The van der Waals surface area contributed by atoms with Crippen LogP contribution in [-0.2, 0) is 32.5 Å². The molecular weight excluding hydrogens is 600 g/mol. The number of nitrogens with zero attached hydrogens (tertiary/aromatic N) is 7. The lowest BCUT2D eigenvalue weighted by molar-refractivity contribution is 0.564. The average molecular weight is 637 g/mol. The third-order valence-corrected chi connectivity index (χ3v) is 8.71. The van der Waals surface area contributed by atoms with Crippen LogP contribution < -0.4 is 11.2 Å². The minimum Gasteiger partial charge on any atom is -0.317 e. The standard InChI is InChI=1S/C38H36N8O2/c1-26(2)35-39-36-33(46(35)25-29-17-19-30(20-18-29)31-15-9-10-16-32(31)34-40-42-43-41-34)37(47)45(24-22-28-13-7-4-8-14-28)38(48)44(36)23-21-27-11-5-3-6-12-27/h3-20,26H,21-25H2,1-2H3,(H,40,41,42,43). The summed E-state index contributed by atoms with van der Waals surface area (Å²) in [5.74, 6) is 1.32. The third kappa shape index (κ3) is 6.12. The van der Waals surface area contributed by atoms with Crippen molar-refractivity contribution < 1.29 is 0 Å². The van der Waals surface area contributed by atoms with Crippen LogP contribution in [0.5, 0.6) is 0 Å². The van der Waals surface area contributed by atoms with Crippen molar-refractivity contribution in [2.75, 3.05) is 0 Å². The molecule has 0 aliphatic heterocycles. The lowest BCUT2D eigenvalue weighted by Crippen LogP contribution is -2.41. The van der Waals surface area contributed by atoms with E-state index in [9.17, 15) is 9.59 Å². The first kappa shape index (κ1) is 30.7. The Balaban J connectivity index is 1.30. The molecule has 10 heteroatoms. The zero-order chi connectivity index (χ0) is 33.0. The van der Waals surface area contributed by atoms with Crippen molar-refractivity contribution in [1.82, 2.24) is 39.3 Å². The summed E-state index contributed by atoms with van der Waals surface area (Å²) in [7, 11) is 0. The Labute approximate surface area is 277 Å². The second-order valence-electron chi connectivity index (χ2n) is 12.2. The molecule has 0 fully saturated rings. The Morgan fingerprint density at radius 3 is 1.88 bits per heavy atom. The van der Waals surface area contributed by atoms with Crippen LogP contribution in [0.1, 0.15) is 42.3 Å². The number of benzene rings is 4. The molecule has 3 aromatic heterocycles. The highest BCUT2D eigenvalue weighted by Gasteiger charge is 2.23. The third-order valence-electron chi connectivity index (χ3n) is 8.71. The van der Waals surface area contributed by atoms with E-state index in [0.29, 0.717) is 42.9 Å². The SMILES string of the molecule is CC(C)c1nc2c(c(=O)n(CCc3ccccc3)c(=O)n2CCc2ccccc2)n1Cc1ccc(-c2ccccc2-c2nn[nH]n2)cc1. The molecule has 7 aromatic rings. The summed E-state index contributed by atoms with van der Waals surface area (Å²) in [6.45, 7) is 5.25. The van der Waals surface area contributed by atoms with Crippen molar-refractivity contribution in [2.24, 2.45) is 0 Å². The Morgan fingerprint density at radius 1 is 0.667 bits per heavy atom. The van der Waals surface area contributed by atoms with Gasteiger partial charge in [-0.1, -0.05) is 123 Å². The highest BCUT2D eigenvalue weighted by Crippen LogP contribution is 2.30. The molecule has 0 atom stereocenters. The van der Waals surface area contributed by atoms with E-state index in [2.05, 4.69) is 70.9 Å². The van der Waals surface area contributed by atoms with Gasteiger partial charge in [-0.15, -0.1) is 10.2 Å². The molecule has 0 saturated heterocycles. The van der Waals surface area contributed by atoms with Gasteiger partial charge in [-0.2, -0.15) is 5.21 Å². The first-order chi connectivity index (χ1) is 23.5. The van der Waals surface area contributed by atoms with E-state index in [1.165, 1.54) is 4.57 Å². The second-order valence-corrected chi connectivity index (χ2v) is 12.2. The summed E-state index contributed by atoms with van der Waals surface area (Å²) >= 11 is 0. The first-order valence-electron chi connectivity index (χ1n) is 16.2. The number of hydrogen-bond acceptors (Lipinski definition) is 6. The van der Waals surface area contributed by atoms with E-state index in [1.54, 1.807) is 4.57 Å². The molecule has 0 saturated carbocycles. The minimum absolute atomic E-state index is 0.0216. The molecule has 0 amide bonds. The Hall–Kier alpha value is -5.90. The van der Waals surface area contributed by atoms with E-state index in [0.717, 1.165) is 39.2 Å². The van der Waals surface area contributed by atoms with Gasteiger partial charge in [0.1, 0.15) is 5.82 Å². The topological polar surface area (TPSA) is 116 Å². The van der Waals surface area contributed by atoms with E-state index in [4.69, 9.17) is 4.98 Å². The summed E-state index contributed by atoms with van der Waals surface area (Å²) in [5, 5.41) is 14.6. The monoisotopic (exact) mass is 636 g/mol. The Kier molecular flexibility index (Phi) is 8.61. The molecule has 10 nitrogen and oxygen atoms in total. The van der Waals surface area contributed by atoms with Gasteiger partial charge in [0.15, 0.2) is 11.2 Å². The molecule has 0 aliphatic carbocycles. The fraction of sp³-hybridized carbons (Fsp3) is 0.211.